The molecule has 0 radical (unpaired) electrons. The van der Waals surface area contributed by atoms with Crippen LogP contribution in [0.4, 0.5) is 4.39 Å². The van der Waals surface area contributed by atoms with Crippen LogP contribution in [0.5, 0.6) is 0 Å². The van der Waals surface area contributed by atoms with Gasteiger partial charge in [0.1, 0.15) is 22.5 Å². The molecule has 4 nitrogen and oxygen atoms in total. The Kier molecular flexibility index (Phi) is 2.63. The van der Waals surface area contributed by atoms with Crippen molar-refractivity contribution in [3.05, 3.63) is 64.3 Å². The maximum absolute atomic E-state index is 13.6. The minimum atomic E-state index is -0.609. The predicted molar refractivity (Wildman–Crippen MR) is 80.2 cm³/mol. The minimum absolute atomic E-state index is 0.193. The highest BCUT2D eigenvalue weighted by Crippen LogP contribution is 2.25. The number of hydrogen-bond acceptors (Lipinski definition) is 4. The average molecular weight is 295 g/mol. The van der Waals surface area contributed by atoms with E-state index in [4.69, 9.17) is 8.83 Å². The lowest BCUT2D eigenvalue weighted by atomic mass is 10.1. The van der Waals surface area contributed by atoms with Crippen LogP contribution in [-0.2, 0) is 0 Å². The highest BCUT2D eigenvalue weighted by atomic mass is 19.1. The lowest BCUT2D eigenvalue weighted by molar-refractivity contribution is 0.547. The van der Waals surface area contributed by atoms with Crippen molar-refractivity contribution < 1.29 is 13.2 Å². The molecule has 2 aromatic heterocycles. The number of aromatic nitrogens is 1. The van der Waals surface area contributed by atoms with Crippen LogP contribution in [0, 0.1) is 12.7 Å². The maximum Gasteiger partial charge on any atom is 0.349 e. The summed E-state index contributed by atoms with van der Waals surface area (Å²) in [6, 6.07) is 11.7. The second kappa shape index (κ2) is 4.53. The van der Waals surface area contributed by atoms with Crippen LogP contribution >= 0.6 is 0 Å². The first kappa shape index (κ1) is 12.8. The molecule has 2 aromatic carbocycles. The molecule has 0 aliphatic carbocycles. The van der Waals surface area contributed by atoms with E-state index in [1.165, 1.54) is 6.07 Å². The Morgan fingerprint density at radius 2 is 1.86 bits per heavy atom. The highest BCUT2D eigenvalue weighted by Gasteiger charge is 2.15. The molecule has 0 fully saturated rings. The Labute approximate surface area is 123 Å². The Balaban J connectivity index is 1.99. The fourth-order valence-corrected chi connectivity index (χ4v) is 2.39. The van der Waals surface area contributed by atoms with Crippen molar-refractivity contribution in [2.45, 2.75) is 6.92 Å². The number of rotatable bonds is 1. The smallest absolute Gasteiger partial charge is 0.349 e. The Hall–Kier alpha value is -2.95. The van der Waals surface area contributed by atoms with Crippen molar-refractivity contribution in [1.82, 2.24) is 4.98 Å². The summed E-state index contributed by atoms with van der Waals surface area (Å²) in [4.78, 5) is 16.4. The van der Waals surface area contributed by atoms with Crippen LogP contribution in [0.3, 0.4) is 0 Å². The molecule has 4 aromatic rings. The summed E-state index contributed by atoms with van der Waals surface area (Å²) in [5.41, 5.74) is 1.54. The van der Waals surface area contributed by atoms with E-state index in [1.54, 1.807) is 31.2 Å². The van der Waals surface area contributed by atoms with Crippen LogP contribution in [0.2, 0.25) is 0 Å². The lowest BCUT2D eigenvalue weighted by Crippen LogP contribution is -2.03. The van der Waals surface area contributed by atoms with Gasteiger partial charge in [0, 0.05) is 11.5 Å². The average Bonchev–Trinajstić information content (AvgIpc) is 2.92. The highest BCUT2D eigenvalue weighted by molar-refractivity contribution is 5.82. The summed E-state index contributed by atoms with van der Waals surface area (Å²) < 4.78 is 24.3. The fourth-order valence-electron chi connectivity index (χ4n) is 2.39. The van der Waals surface area contributed by atoms with Crippen LogP contribution < -0.4 is 5.63 Å². The monoisotopic (exact) mass is 295 g/mol. The van der Waals surface area contributed by atoms with E-state index in [-0.39, 0.29) is 17.0 Å². The summed E-state index contributed by atoms with van der Waals surface area (Å²) in [6.45, 7) is 1.65. The molecule has 0 spiro atoms. The SMILES string of the molecule is Cc1cc2cc(-c3nc4ccccc4o3)c(=O)oc2cc1F. The van der Waals surface area contributed by atoms with Gasteiger partial charge in [-0.3, -0.25) is 0 Å². The van der Waals surface area contributed by atoms with Gasteiger partial charge in [-0.1, -0.05) is 12.1 Å². The first-order chi connectivity index (χ1) is 10.6. The Bertz CT molecular complexity index is 1050. The number of fused-ring (bicyclic) bond motifs is 2. The summed E-state index contributed by atoms with van der Waals surface area (Å²) >= 11 is 0. The molecular formula is C17H10FNO3. The molecule has 0 bridgehead atoms. The third-order valence-electron chi connectivity index (χ3n) is 3.54. The van der Waals surface area contributed by atoms with E-state index < -0.39 is 11.4 Å². The molecular weight excluding hydrogens is 285 g/mol. The molecule has 5 heteroatoms. The number of nitrogens with zero attached hydrogens (tertiary/aromatic N) is 1. The zero-order valence-corrected chi connectivity index (χ0v) is 11.6. The second-order valence-corrected chi connectivity index (χ2v) is 5.07. The number of benzene rings is 2. The van der Waals surface area contributed by atoms with Gasteiger partial charge in [-0.2, -0.15) is 0 Å². The molecule has 0 aliphatic rings. The van der Waals surface area contributed by atoms with Crippen LogP contribution in [0.1, 0.15) is 5.56 Å². The van der Waals surface area contributed by atoms with Crippen molar-refractivity contribution in [1.29, 1.82) is 0 Å². The van der Waals surface area contributed by atoms with Gasteiger partial charge < -0.3 is 8.83 Å². The molecule has 0 amide bonds. The third kappa shape index (κ3) is 1.90. The van der Waals surface area contributed by atoms with Gasteiger partial charge in [-0.15, -0.1) is 0 Å². The summed E-state index contributed by atoms with van der Waals surface area (Å²) in [5.74, 6) is -0.218. The van der Waals surface area contributed by atoms with E-state index in [0.717, 1.165) is 0 Å². The molecule has 4 rings (SSSR count). The molecule has 0 N–H and O–H groups in total. The predicted octanol–water partition coefficient (Wildman–Crippen LogP) is 4.05. The van der Waals surface area contributed by atoms with Gasteiger partial charge in [0.25, 0.3) is 0 Å². The van der Waals surface area contributed by atoms with E-state index in [0.29, 0.717) is 22.0 Å². The Morgan fingerprint density at radius 3 is 2.68 bits per heavy atom. The maximum atomic E-state index is 13.6. The fraction of sp³-hybridized carbons (Fsp3) is 0.0588. The van der Waals surface area contributed by atoms with Crippen LogP contribution in [-0.4, -0.2) is 4.98 Å². The first-order valence-electron chi connectivity index (χ1n) is 6.72. The van der Waals surface area contributed by atoms with E-state index in [2.05, 4.69) is 4.98 Å². The van der Waals surface area contributed by atoms with Crippen molar-refractivity contribution >= 4 is 22.1 Å². The van der Waals surface area contributed by atoms with Gasteiger partial charge in [-0.25, -0.2) is 14.2 Å². The summed E-state index contributed by atoms with van der Waals surface area (Å²) in [5, 5.41) is 0.621. The van der Waals surface area contributed by atoms with E-state index in [9.17, 15) is 9.18 Å². The van der Waals surface area contributed by atoms with Gasteiger partial charge in [0.15, 0.2) is 5.58 Å². The van der Waals surface area contributed by atoms with Crippen molar-refractivity contribution in [2.75, 3.05) is 0 Å². The topological polar surface area (TPSA) is 56.2 Å². The Morgan fingerprint density at radius 1 is 1.05 bits per heavy atom. The lowest BCUT2D eigenvalue weighted by Gasteiger charge is -2.01. The minimum Gasteiger partial charge on any atom is -0.436 e. The third-order valence-corrected chi connectivity index (χ3v) is 3.54. The first-order valence-corrected chi connectivity index (χ1v) is 6.72. The normalized spacial score (nSPS) is 11.4. The van der Waals surface area contributed by atoms with Gasteiger partial charge >= 0.3 is 5.63 Å². The second-order valence-electron chi connectivity index (χ2n) is 5.07. The largest absolute Gasteiger partial charge is 0.436 e. The molecule has 2 heterocycles. The van der Waals surface area contributed by atoms with E-state index in [1.807, 2.05) is 12.1 Å². The molecule has 108 valence electrons. The molecule has 22 heavy (non-hydrogen) atoms. The number of para-hydroxylation sites is 2. The van der Waals surface area contributed by atoms with Gasteiger partial charge in [-0.05, 0) is 36.8 Å². The number of halogens is 1. The summed E-state index contributed by atoms with van der Waals surface area (Å²) in [7, 11) is 0. The number of oxazole rings is 1. The molecule has 0 unspecified atom stereocenters. The van der Waals surface area contributed by atoms with Crippen molar-refractivity contribution in [2.24, 2.45) is 0 Å². The molecule has 0 saturated carbocycles. The van der Waals surface area contributed by atoms with Crippen molar-refractivity contribution in [3.63, 3.8) is 0 Å². The zero-order chi connectivity index (χ0) is 15.3. The van der Waals surface area contributed by atoms with Gasteiger partial charge in [0.05, 0.1) is 0 Å². The molecule has 0 saturated heterocycles. The van der Waals surface area contributed by atoms with Crippen molar-refractivity contribution in [3.8, 4) is 11.5 Å². The number of aryl methyl sites for hydroxylation is 1. The zero-order valence-electron chi connectivity index (χ0n) is 11.6. The quantitative estimate of drug-likeness (QED) is 0.497. The van der Waals surface area contributed by atoms with E-state index >= 15 is 0 Å². The summed E-state index contributed by atoms with van der Waals surface area (Å²) in [6.07, 6.45) is 0. The molecule has 0 aliphatic heterocycles. The number of hydrogen-bond donors (Lipinski definition) is 0. The van der Waals surface area contributed by atoms with Gasteiger partial charge in [0.2, 0.25) is 5.89 Å². The van der Waals surface area contributed by atoms with Crippen LogP contribution in [0.25, 0.3) is 33.5 Å². The standard InChI is InChI=1S/C17H10FNO3/c1-9-6-10-7-11(17(20)22-15(10)8-12(9)18)16-19-13-4-2-3-5-14(13)21-16/h2-8H,1H3. The molecule has 0 atom stereocenters. The van der Waals surface area contributed by atoms with Crippen LogP contribution in [0.15, 0.2) is 56.1 Å².